The van der Waals surface area contributed by atoms with Crippen molar-refractivity contribution in [2.75, 3.05) is 19.0 Å². The minimum absolute atomic E-state index is 0.0518. The molecule has 1 fully saturated rings. The number of carbonyl (C=O) groups excluding carboxylic acids is 1. The lowest BCUT2D eigenvalue weighted by Gasteiger charge is -2.13. The summed E-state index contributed by atoms with van der Waals surface area (Å²) in [6.07, 6.45) is 0.884. The van der Waals surface area contributed by atoms with Crippen LogP contribution in [0.3, 0.4) is 0 Å². The number of nitrogens with zero attached hydrogens (tertiary/aromatic N) is 1. The smallest absolute Gasteiger partial charge is 0.224 e. The van der Waals surface area contributed by atoms with E-state index in [1.807, 2.05) is 50.5 Å². The van der Waals surface area contributed by atoms with E-state index in [0.29, 0.717) is 6.54 Å². The normalized spacial score (nSPS) is 19.3. The average molecular weight is 329 g/mol. The Labute approximate surface area is 142 Å². The number of hydrogen-bond donors (Lipinski definition) is 1. The van der Waals surface area contributed by atoms with Gasteiger partial charge in [0.2, 0.25) is 5.91 Å². The van der Waals surface area contributed by atoms with E-state index in [9.17, 15) is 4.79 Å². The summed E-state index contributed by atoms with van der Waals surface area (Å²) in [6.45, 7) is 0.568. The summed E-state index contributed by atoms with van der Waals surface area (Å²) < 4.78 is 0. The van der Waals surface area contributed by atoms with Crippen LogP contribution in [0.25, 0.3) is 0 Å². The van der Waals surface area contributed by atoms with Gasteiger partial charge < -0.3 is 10.2 Å². The third kappa shape index (κ3) is 3.67. The Balaban J connectivity index is 1.54. The third-order valence-corrected chi connectivity index (χ3v) is 4.70. The van der Waals surface area contributed by atoms with Gasteiger partial charge in [-0.15, -0.1) is 0 Å². The first-order valence-corrected chi connectivity index (χ1v) is 8.22. The molecule has 3 nitrogen and oxygen atoms in total. The number of amides is 1. The molecular weight excluding hydrogens is 308 g/mol. The van der Waals surface area contributed by atoms with Crippen LogP contribution in [0.4, 0.5) is 5.69 Å². The topological polar surface area (TPSA) is 32.3 Å². The average Bonchev–Trinajstić information content (AvgIpc) is 3.34. The minimum atomic E-state index is 0.0518. The Bertz CT molecular complexity index is 697. The van der Waals surface area contributed by atoms with Gasteiger partial charge in [0.1, 0.15) is 0 Å². The maximum atomic E-state index is 12.3. The zero-order valence-corrected chi connectivity index (χ0v) is 14.2. The van der Waals surface area contributed by atoms with Crippen molar-refractivity contribution in [1.29, 1.82) is 0 Å². The fourth-order valence-corrected chi connectivity index (χ4v) is 3.11. The lowest BCUT2D eigenvalue weighted by Crippen LogP contribution is -2.24. The zero-order valence-electron chi connectivity index (χ0n) is 13.4. The van der Waals surface area contributed by atoms with Crippen LogP contribution in [0.15, 0.2) is 48.5 Å². The van der Waals surface area contributed by atoms with Gasteiger partial charge in [-0.3, -0.25) is 4.79 Å². The van der Waals surface area contributed by atoms with Gasteiger partial charge in [0.15, 0.2) is 0 Å². The maximum Gasteiger partial charge on any atom is 0.224 e. The second-order valence-corrected chi connectivity index (χ2v) is 6.66. The molecule has 2 atom stereocenters. The quantitative estimate of drug-likeness (QED) is 0.904. The summed E-state index contributed by atoms with van der Waals surface area (Å²) in [4.78, 5) is 14.3. The molecule has 0 saturated heterocycles. The van der Waals surface area contributed by atoms with Crippen LogP contribution in [0.2, 0.25) is 5.02 Å². The molecule has 1 amide bonds. The van der Waals surface area contributed by atoms with Crippen LogP contribution in [-0.4, -0.2) is 20.0 Å². The minimum Gasteiger partial charge on any atom is -0.378 e. The van der Waals surface area contributed by atoms with Crippen molar-refractivity contribution in [1.82, 2.24) is 5.32 Å². The van der Waals surface area contributed by atoms with Gasteiger partial charge in [-0.1, -0.05) is 41.9 Å². The first-order valence-electron chi connectivity index (χ1n) is 7.84. The number of nitrogens with one attached hydrogen (secondary N) is 1. The first-order chi connectivity index (χ1) is 11.1. The molecule has 1 N–H and O–H groups in total. The van der Waals surface area contributed by atoms with E-state index >= 15 is 0 Å². The van der Waals surface area contributed by atoms with E-state index in [0.717, 1.165) is 28.3 Å². The van der Waals surface area contributed by atoms with E-state index in [2.05, 4.69) is 22.3 Å². The highest BCUT2D eigenvalue weighted by atomic mass is 35.5. The molecule has 0 spiro atoms. The van der Waals surface area contributed by atoms with Crippen LogP contribution in [0.1, 0.15) is 23.5 Å². The van der Waals surface area contributed by atoms with E-state index in [4.69, 9.17) is 11.6 Å². The van der Waals surface area contributed by atoms with Gasteiger partial charge in [-0.2, -0.15) is 0 Å². The molecule has 3 rings (SSSR count). The Kier molecular flexibility index (Phi) is 4.58. The summed E-state index contributed by atoms with van der Waals surface area (Å²) in [7, 11) is 4.03. The van der Waals surface area contributed by atoms with Crippen molar-refractivity contribution in [3.05, 3.63) is 64.7 Å². The number of hydrogen-bond acceptors (Lipinski definition) is 2. The molecule has 4 heteroatoms. The number of halogens is 1. The predicted molar refractivity (Wildman–Crippen MR) is 94.9 cm³/mol. The van der Waals surface area contributed by atoms with Gasteiger partial charge in [-0.25, -0.2) is 0 Å². The van der Waals surface area contributed by atoms with E-state index in [1.54, 1.807) is 0 Å². The molecule has 0 radical (unpaired) electrons. The lowest BCUT2D eigenvalue weighted by molar-refractivity contribution is -0.122. The SMILES string of the molecule is CN(C)c1ccc(CNC(=O)C2CC2c2ccccc2Cl)cc1. The summed E-state index contributed by atoms with van der Waals surface area (Å²) in [6, 6.07) is 16.0. The molecule has 0 heterocycles. The molecule has 0 aliphatic heterocycles. The van der Waals surface area contributed by atoms with Gasteiger partial charge in [0.05, 0.1) is 0 Å². The first kappa shape index (κ1) is 15.9. The Hall–Kier alpha value is -2.00. The van der Waals surface area contributed by atoms with Crippen LogP contribution in [0, 0.1) is 5.92 Å². The molecular formula is C19H21ClN2O. The summed E-state index contributed by atoms with van der Waals surface area (Å²) in [5.74, 6) is 0.433. The molecule has 2 aromatic rings. The summed E-state index contributed by atoms with van der Waals surface area (Å²) in [5, 5.41) is 3.79. The highest BCUT2D eigenvalue weighted by Gasteiger charge is 2.44. The van der Waals surface area contributed by atoms with Crippen molar-refractivity contribution in [2.24, 2.45) is 5.92 Å². The molecule has 0 aromatic heterocycles. The highest BCUT2D eigenvalue weighted by molar-refractivity contribution is 6.31. The van der Waals surface area contributed by atoms with Crippen molar-refractivity contribution in [2.45, 2.75) is 18.9 Å². The van der Waals surface area contributed by atoms with Crippen molar-refractivity contribution in [3.8, 4) is 0 Å². The lowest BCUT2D eigenvalue weighted by atomic mass is 10.1. The Morgan fingerprint density at radius 1 is 1.17 bits per heavy atom. The largest absolute Gasteiger partial charge is 0.378 e. The van der Waals surface area contributed by atoms with Crippen LogP contribution >= 0.6 is 11.6 Å². The fraction of sp³-hybridized carbons (Fsp3) is 0.316. The molecule has 2 unspecified atom stereocenters. The fourth-order valence-electron chi connectivity index (χ4n) is 2.84. The monoisotopic (exact) mass is 328 g/mol. The Morgan fingerprint density at radius 2 is 1.87 bits per heavy atom. The third-order valence-electron chi connectivity index (χ3n) is 4.35. The number of rotatable bonds is 5. The van der Waals surface area contributed by atoms with Gasteiger partial charge in [0, 0.05) is 37.3 Å². The molecule has 2 aromatic carbocycles. The number of anilines is 1. The number of benzene rings is 2. The molecule has 1 aliphatic rings. The number of carbonyl (C=O) groups is 1. The maximum absolute atomic E-state index is 12.3. The van der Waals surface area contributed by atoms with Crippen molar-refractivity contribution in [3.63, 3.8) is 0 Å². The molecule has 0 bridgehead atoms. The highest BCUT2D eigenvalue weighted by Crippen LogP contribution is 2.49. The van der Waals surface area contributed by atoms with E-state index < -0.39 is 0 Å². The van der Waals surface area contributed by atoms with Gasteiger partial charge in [0.25, 0.3) is 0 Å². The zero-order chi connectivity index (χ0) is 16.4. The molecule has 1 saturated carbocycles. The van der Waals surface area contributed by atoms with E-state index in [1.165, 1.54) is 0 Å². The molecule has 23 heavy (non-hydrogen) atoms. The van der Waals surface area contributed by atoms with Crippen molar-refractivity contribution < 1.29 is 4.79 Å². The van der Waals surface area contributed by atoms with Crippen molar-refractivity contribution >= 4 is 23.2 Å². The van der Waals surface area contributed by atoms with E-state index in [-0.39, 0.29) is 17.7 Å². The van der Waals surface area contributed by atoms with Crippen LogP contribution in [-0.2, 0) is 11.3 Å². The molecule has 120 valence electrons. The predicted octanol–water partition coefficient (Wildman–Crippen LogP) is 3.83. The van der Waals surface area contributed by atoms with Crippen LogP contribution in [0.5, 0.6) is 0 Å². The molecule has 1 aliphatic carbocycles. The Morgan fingerprint density at radius 3 is 2.52 bits per heavy atom. The second-order valence-electron chi connectivity index (χ2n) is 6.25. The standard InChI is InChI=1S/C19H21ClN2O/c1-22(2)14-9-7-13(8-10-14)12-21-19(23)17-11-16(17)15-5-3-4-6-18(15)20/h3-10,16-17H,11-12H2,1-2H3,(H,21,23). The van der Waals surface area contributed by atoms with Gasteiger partial charge >= 0.3 is 0 Å². The second kappa shape index (κ2) is 6.63. The van der Waals surface area contributed by atoms with Gasteiger partial charge in [-0.05, 0) is 41.7 Å². The van der Waals surface area contributed by atoms with Crippen LogP contribution < -0.4 is 10.2 Å². The summed E-state index contributed by atoms with van der Waals surface area (Å²) >= 11 is 6.21. The summed E-state index contributed by atoms with van der Waals surface area (Å²) in [5.41, 5.74) is 3.35.